The standard InChI is InChI=1S/C18H22N2O5/c21-15-8-4-5-9-20(15)16(13-6-2-1-3-7-13)17(22)19-10-11-25-14(12-19)18(23)24/h1-3,6-7,14,16H,4-5,8-12H2,(H,23,24)/t14-,16-/m0/s1. The molecule has 2 amide bonds. The molecule has 0 unspecified atom stereocenters. The predicted molar refractivity (Wildman–Crippen MR) is 88.7 cm³/mol. The molecule has 0 saturated carbocycles. The summed E-state index contributed by atoms with van der Waals surface area (Å²) in [6.45, 7) is 1.04. The van der Waals surface area contributed by atoms with Crippen LogP contribution in [0.15, 0.2) is 30.3 Å². The van der Waals surface area contributed by atoms with Crippen LogP contribution in [0.4, 0.5) is 0 Å². The van der Waals surface area contributed by atoms with Gasteiger partial charge in [-0.25, -0.2) is 4.79 Å². The van der Waals surface area contributed by atoms with Crippen molar-refractivity contribution < 1.29 is 24.2 Å². The van der Waals surface area contributed by atoms with Gasteiger partial charge >= 0.3 is 5.97 Å². The van der Waals surface area contributed by atoms with Crippen molar-refractivity contribution in [3.8, 4) is 0 Å². The molecule has 2 aliphatic heterocycles. The van der Waals surface area contributed by atoms with E-state index in [4.69, 9.17) is 9.84 Å². The lowest BCUT2D eigenvalue weighted by molar-refractivity contribution is -0.162. The van der Waals surface area contributed by atoms with Crippen LogP contribution in [0.1, 0.15) is 30.9 Å². The first-order chi connectivity index (χ1) is 12.1. The van der Waals surface area contributed by atoms with Crippen LogP contribution in [-0.2, 0) is 19.1 Å². The van der Waals surface area contributed by atoms with Crippen molar-refractivity contribution in [3.05, 3.63) is 35.9 Å². The molecule has 0 aromatic heterocycles. The van der Waals surface area contributed by atoms with Crippen LogP contribution >= 0.6 is 0 Å². The summed E-state index contributed by atoms with van der Waals surface area (Å²) >= 11 is 0. The van der Waals surface area contributed by atoms with Gasteiger partial charge in [-0.05, 0) is 18.4 Å². The molecule has 1 aromatic rings. The summed E-state index contributed by atoms with van der Waals surface area (Å²) in [6, 6.07) is 8.49. The minimum Gasteiger partial charge on any atom is -0.479 e. The molecular formula is C18H22N2O5. The first-order valence-corrected chi connectivity index (χ1v) is 8.55. The summed E-state index contributed by atoms with van der Waals surface area (Å²) in [5.74, 6) is -1.35. The lowest BCUT2D eigenvalue weighted by Gasteiger charge is -2.39. The van der Waals surface area contributed by atoms with Crippen LogP contribution in [0.2, 0.25) is 0 Å². The molecule has 0 radical (unpaired) electrons. The second-order valence-corrected chi connectivity index (χ2v) is 6.34. The van der Waals surface area contributed by atoms with E-state index in [1.165, 1.54) is 4.90 Å². The number of amides is 2. The Bertz CT molecular complexity index is 648. The Kier molecular flexibility index (Phi) is 5.33. The molecule has 1 N–H and O–H groups in total. The fourth-order valence-corrected chi connectivity index (χ4v) is 3.36. The number of hydrogen-bond donors (Lipinski definition) is 1. The SMILES string of the molecule is O=C(O)[C@@H]1CN(C(=O)[C@H](c2ccccc2)N2CCCCC2=O)CCO1. The van der Waals surface area contributed by atoms with Crippen LogP contribution in [0.5, 0.6) is 0 Å². The van der Waals surface area contributed by atoms with Gasteiger partial charge in [-0.15, -0.1) is 0 Å². The maximum Gasteiger partial charge on any atom is 0.334 e. The van der Waals surface area contributed by atoms with E-state index in [9.17, 15) is 14.4 Å². The van der Waals surface area contributed by atoms with Crippen molar-refractivity contribution in [2.75, 3.05) is 26.2 Å². The molecule has 3 rings (SSSR count). The molecule has 7 nitrogen and oxygen atoms in total. The molecular weight excluding hydrogens is 324 g/mol. The third-order valence-corrected chi connectivity index (χ3v) is 4.67. The van der Waals surface area contributed by atoms with Gasteiger partial charge in [-0.1, -0.05) is 30.3 Å². The van der Waals surface area contributed by atoms with Crippen LogP contribution < -0.4 is 0 Å². The summed E-state index contributed by atoms with van der Waals surface area (Å²) in [5.41, 5.74) is 0.751. The molecule has 2 heterocycles. The van der Waals surface area contributed by atoms with Gasteiger partial charge in [-0.2, -0.15) is 0 Å². The maximum absolute atomic E-state index is 13.2. The number of likely N-dealkylation sites (tertiary alicyclic amines) is 1. The van der Waals surface area contributed by atoms with Crippen LogP contribution in [0, 0.1) is 0 Å². The van der Waals surface area contributed by atoms with E-state index in [1.54, 1.807) is 4.90 Å². The van der Waals surface area contributed by atoms with Crippen molar-refractivity contribution >= 4 is 17.8 Å². The van der Waals surface area contributed by atoms with Gasteiger partial charge in [0.1, 0.15) is 6.04 Å². The van der Waals surface area contributed by atoms with E-state index >= 15 is 0 Å². The molecule has 0 bridgehead atoms. The molecule has 2 saturated heterocycles. The molecule has 2 aliphatic rings. The molecule has 25 heavy (non-hydrogen) atoms. The Morgan fingerprint density at radius 1 is 1.16 bits per heavy atom. The fraction of sp³-hybridized carbons (Fsp3) is 0.500. The van der Waals surface area contributed by atoms with E-state index in [0.717, 1.165) is 18.4 Å². The number of benzene rings is 1. The molecule has 134 valence electrons. The van der Waals surface area contributed by atoms with Gasteiger partial charge in [0.05, 0.1) is 13.2 Å². The van der Waals surface area contributed by atoms with Crippen molar-refractivity contribution in [3.63, 3.8) is 0 Å². The highest BCUT2D eigenvalue weighted by Gasteiger charge is 2.38. The van der Waals surface area contributed by atoms with Crippen LogP contribution in [-0.4, -0.2) is 65.0 Å². The van der Waals surface area contributed by atoms with Crippen molar-refractivity contribution in [1.82, 2.24) is 9.80 Å². The summed E-state index contributed by atoms with van der Waals surface area (Å²) < 4.78 is 5.20. The molecule has 0 spiro atoms. The highest BCUT2D eigenvalue weighted by Crippen LogP contribution is 2.28. The number of nitrogens with zero attached hydrogens (tertiary/aromatic N) is 2. The Hall–Kier alpha value is -2.41. The second-order valence-electron chi connectivity index (χ2n) is 6.34. The van der Waals surface area contributed by atoms with Crippen LogP contribution in [0.25, 0.3) is 0 Å². The smallest absolute Gasteiger partial charge is 0.334 e. The third-order valence-electron chi connectivity index (χ3n) is 4.67. The van der Waals surface area contributed by atoms with Crippen molar-refractivity contribution in [1.29, 1.82) is 0 Å². The minimum atomic E-state index is -1.08. The topological polar surface area (TPSA) is 87.2 Å². The van der Waals surface area contributed by atoms with Gasteiger partial charge in [0.2, 0.25) is 11.8 Å². The van der Waals surface area contributed by atoms with Crippen LogP contribution in [0.3, 0.4) is 0 Å². The lowest BCUT2D eigenvalue weighted by Crippen LogP contribution is -2.53. The van der Waals surface area contributed by atoms with Gasteiger partial charge in [0.15, 0.2) is 6.10 Å². The fourth-order valence-electron chi connectivity index (χ4n) is 3.36. The first kappa shape index (κ1) is 17.4. The maximum atomic E-state index is 13.2. The van der Waals surface area contributed by atoms with E-state index in [-0.39, 0.29) is 25.0 Å². The molecule has 2 atom stereocenters. The quantitative estimate of drug-likeness (QED) is 0.881. The van der Waals surface area contributed by atoms with Crippen molar-refractivity contribution in [2.45, 2.75) is 31.4 Å². The lowest BCUT2D eigenvalue weighted by atomic mass is 9.99. The Morgan fingerprint density at radius 3 is 2.60 bits per heavy atom. The molecule has 1 aromatic carbocycles. The average molecular weight is 346 g/mol. The zero-order chi connectivity index (χ0) is 17.8. The van der Waals surface area contributed by atoms with Crippen molar-refractivity contribution in [2.24, 2.45) is 0 Å². The molecule has 7 heteroatoms. The second kappa shape index (κ2) is 7.65. The normalized spacial score (nSPS) is 22.6. The monoisotopic (exact) mass is 346 g/mol. The van der Waals surface area contributed by atoms with Gasteiger partial charge in [-0.3, -0.25) is 9.59 Å². The predicted octanol–water partition coefficient (Wildman–Crippen LogP) is 1.05. The average Bonchev–Trinajstić information content (AvgIpc) is 2.64. The minimum absolute atomic E-state index is 0.000466. The largest absolute Gasteiger partial charge is 0.479 e. The highest BCUT2D eigenvalue weighted by molar-refractivity contribution is 5.89. The number of carbonyl (C=O) groups is 3. The third kappa shape index (κ3) is 3.82. The Balaban J connectivity index is 1.87. The number of piperidine rings is 1. The number of carboxylic acid groups (broad SMARTS) is 1. The van der Waals surface area contributed by atoms with E-state index in [0.29, 0.717) is 19.5 Å². The number of carboxylic acids is 1. The highest BCUT2D eigenvalue weighted by atomic mass is 16.5. The Labute approximate surface area is 146 Å². The zero-order valence-corrected chi connectivity index (χ0v) is 14.0. The van der Waals surface area contributed by atoms with E-state index in [1.807, 2.05) is 30.3 Å². The summed E-state index contributed by atoms with van der Waals surface area (Å²) in [5, 5.41) is 9.16. The summed E-state index contributed by atoms with van der Waals surface area (Å²) in [7, 11) is 0. The van der Waals surface area contributed by atoms with Gasteiger partial charge in [0, 0.05) is 19.5 Å². The first-order valence-electron chi connectivity index (χ1n) is 8.55. The number of rotatable bonds is 4. The summed E-state index contributed by atoms with van der Waals surface area (Å²) in [6.07, 6.45) is 1.12. The molecule has 0 aliphatic carbocycles. The number of morpholine rings is 1. The number of ether oxygens (including phenoxy) is 1. The summed E-state index contributed by atoms with van der Waals surface area (Å²) in [4.78, 5) is 39.9. The zero-order valence-electron chi connectivity index (χ0n) is 14.0. The molecule has 2 fully saturated rings. The van der Waals surface area contributed by atoms with Gasteiger partial charge < -0.3 is 19.6 Å². The van der Waals surface area contributed by atoms with E-state index < -0.39 is 18.1 Å². The number of aliphatic carboxylic acids is 1. The Morgan fingerprint density at radius 2 is 1.92 bits per heavy atom. The number of carbonyl (C=O) groups excluding carboxylic acids is 2. The van der Waals surface area contributed by atoms with E-state index in [2.05, 4.69) is 0 Å². The van der Waals surface area contributed by atoms with Gasteiger partial charge in [0.25, 0.3) is 0 Å². The number of hydrogen-bond acceptors (Lipinski definition) is 4.